The van der Waals surface area contributed by atoms with Crippen molar-refractivity contribution in [2.45, 2.75) is 26.7 Å². The van der Waals surface area contributed by atoms with E-state index in [1.807, 2.05) is 13.8 Å². The van der Waals surface area contributed by atoms with Gasteiger partial charge in [-0.15, -0.1) is 10.2 Å². The highest BCUT2D eigenvalue weighted by molar-refractivity contribution is 9.11. The lowest BCUT2D eigenvalue weighted by molar-refractivity contribution is -0.376. The van der Waals surface area contributed by atoms with Gasteiger partial charge in [0.1, 0.15) is 5.82 Å². The maximum Gasteiger partial charge on any atom is 0.309 e. The number of allylic oxidation sites excluding steroid dienone is 1. The smallest absolute Gasteiger partial charge is 0.280 e. The summed E-state index contributed by atoms with van der Waals surface area (Å²) >= 11 is 3.15. The van der Waals surface area contributed by atoms with Gasteiger partial charge in [0.25, 0.3) is 0 Å². The average molecular weight is 301 g/mol. The summed E-state index contributed by atoms with van der Waals surface area (Å²) in [6.45, 7) is 5.51. The van der Waals surface area contributed by atoms with Crippen LogP contribution in [0.3, 0.4) is 0 Å². The fourth-order valence-electron chi connectivity index (χ4n) is 1.39. The third-order valence-corrected chi connectivity index (χ3v) is 2.38. The Morgan fingerprint density at radius 3 is 2.59 bits per heavy atom. The Hall–Kier alpha value is -1.50. The number of halogens is 1. The van der Waals surface area contributed by atoms with Gasteiger partial charge in [0.2, 0.25) is 5.82 Å². The van der Waals surface area contributed by atoms with Crippen molar-refractivity contribution in [1.82, 2.24) is 14.8 Å². The molecule has 0 radical (unpaired) electrons. The molecule has 0 aliphatic rings. The summed E-state index contributed by atoms with van der Waals surface area (Å²) in [6, 6.07) is 0. The molecule has 0 atom stereocenters. The normalized spacial score (nSPS) is 12.6. The minimum atomic E-state index is -0.466. The van der Waals surface area contributed by atoms with E-state index in [1.54, 1.807) is 22.7 Å². The molecular weight excluding hydrogens is 288 g/mol. The molecule has 0 saturated carbocycles. The van der Waals surface area contributed by atoms with E-state index < -0.39 is 4.92 Å². The van der Waals surface area contributed by atoms with Gasteiger partial charge in [0.15, 0.2) is 0 Å². The third-order valence-electron chi connectivity index (χ3n) is 2.14. The third kappa shape index (κ3) is 2.79. The zero-order chi connectivity index (χ0) is 13.0. The highest BCUT2D eigenvalue weighted by Gasteiger charge is 2.23. The molecule has 0 amide bonds. The minimum Gasteiger partial charge on any atom is -0.280 e. The Labute approximate surface area is 107 Å². The molecule has 92 valence electrons. The van der Waals surface area contributed by atoms with Crippen molar-refractivity contribution in [2.24, 2.45) is 0 Å². The molecule has 1 heterocycles. The van der Waals surface area contributed by atoms with Crippen LogP contribution in [0, 0.1) is 10.1 Å². The fraction of sp³-hybridized carbons (Fsp3) is 0.400. The van der Waals surface area contributed by atoms with Crippen LogP contribution in [-0.4, -0.2) is 19.7 Å². The molecule has 1 aromatic heterocycles. The second kappa shape index (κ2) is 5.72. The summed E-state index contributed by atoms with van der Waals surface area (Å²) in [5.74, 6) is 1.04. The van der Waals surface area contributed by atoms with Gasteiger partial charge < -0.3 is 0 Å². The molecule has 6 nitrogen and oxygen atoms in total. The molecule has 0 spiro atoms. The Bertz CT molecular complexity index is 477. The van der Waals surface area contributed by atoms with Crippen LogP contribution >= 0.6 is 15.9 Å². The number of aromatic nitrogens is 3. The highest BCUT2D eigenvalue weighted by Crippen LogP contribution is 2.20. The van der Waals surface area contributed by atoms with E-state index in [0.29, 0.717) is 5.82 Å². The zero-order valence-corrected chi connectivity index (χ0v) is 11.4. The van der Waals surface area contributed by atoms with Crippen molar-refractivity contribution >= 4 is 27.8 Å². The Balaban J connectivity index is 3.39. The molecular formula is C10H13BrN4O2. The van der Waals surface area contributed by atoms with E-state index in [4.69, 9.17) is 0 Å². The van der Waals surface area contributed by atoms with E-state index in [2.05, 4.69) is 26.1 Å². The molecule has 1 rings (SSSR count). The second-order valence-electron chi connectivity index (χ2n) is 3.61. The average Bonchev–Trinajstić information content (AvgIpc) is 2.63. The van der Waals surface area contributed by atoms with Crippen LogP contribution in [0.2, 0.25) is 0 Å². The fourth-order valence-corrected chi connectivity index (χ4v) is 1.63. The molecule has 0 aromatic carbocycles. The first-order chi connectivity index (χ1) is 8.02. The van der Waals surface area contributed by atoms with Crippen LogP contribution < -0.4 is 0 Å². The number of hydrogen-bond donors (Lipinski definition) is 0. The maximum atomic E-state index is 10.9. The first-order valence-corrected chi connectivity index (χ1v) is 5.97. The van der Waals surface area contributed by atoms with Crippen LogP contribution in [0.5, 0.6) is 0 Å². The largest absolute Gasteiger partial charge is 0.309 e. The van der Waals surface area contributed by atoms with E-state index in [0.717, 1.165) is 0 Å². The molecule has 1 aromatic rings. The molecule has 0 unspecified atom stereocenters. The predicted octanol–water partition coefficient (Wildman–Crippen LogP) is 2.86. The lowest BCUT2D eigenvalue weighted by Crippen LogP contribution is -2.06. The number of hydrogen-bond acceptors (Lipinski definition) is 4. The van der Waals surface area contributed by atoms with Gasteiger partial charge >= 0.3 is 5.70 Å². The molecule has 7 heteroatoms. The quantitative estimate of drug-likeness (QED) is 0.633. The monoisotopic (exact) mass is 300 g/mol. The first kappa shape index (κ1) is 13.6. The van der Waals surface area contributed by atoms with Crippen LogP contribution in [0.25, 0.3) is 11.9 Å². The number of nitro groups is 1. The number of nitrogens with zero attached hydrogens (tertiary/aromatic N) is 4. The van der Waals surface area contributed by atoms with Crippen molar-refractivity contribution in [3.63, 3.8) is 0 Å². The molecule has 0 fully saturated rings. The van der Waals surface area contributed by atoms with E-state index in [-0.39, 0.29) is 17.4 Å². The Morgan fingerprint density at radius 2 is 2.18 bits per heavy atom. The van der Waals surface area contributed by atoms with Crippen LogP contribution in [0.4, 0.5) is 0 Å². The van der Waals surface area contributed by atoms with Gasteiger partial charge in [-0.05, 0) is 18.0 Å². The van der Waals surface area contributed by atoms with Crippen molar-refractivity contribution in [3.05, 3.63) is 32.8 Å². The van der Waals surface area contributed by atoms with Crippen molar-refractivity contribution in [3.8, 4) is 0 Å². The van der Waals surface area contributed by atoms with Gasteiger partial charge in [0, 0.05) is 12.1 Å². The molecule has 0 N–H and O–H groups in total. The lowest BCUT2D eigenvalue weighted by Gasteiger charge is -2.05. The van der Waals surface area contributed by atoms with Gasteiger partial charge in [-0.3, -0.25) is 14.7 Å². The SMILES string of the molecule is C/C=C(\c1nnc(C(C)C)n1/C=C/Br)[N+](=O)[O-]. The van der Waals surface area contributed by atoms with Crippen molar-refractivity contribution in [2.75, 3.05) is 0 Å². The molecule has 0 aliphatic carbocycles. The number of rotatable bonds is 4. The molecule has 0 aliphatic heterocycles. The van der Waals surface area contributed by atoms with E-state index in [1.165, 1.54) is 6.08 Å². The second-order valence-corrected chi connectivity index (χ2v) is 4.14. The van der Waals surface area contributed by atoms with Crippen molar-refractivity contribution in [1.29, 1.82) is 0 Å². The topological polar surface area (TPSA) is 73.8 Å². The highest BCUT2D eigenvalue weighted by atomic mass is 79.9. The summed E-state index contributed by atoms with van der Waals surface area (Å²) in [7, 11) is 0. The summed E-state index contributed by atoms with van der Waals surface area (Å²) in [4.78, 5) is 12.0. The van der Waals surface area contributed by atoms with E-state index >= 15 is 0 Å². The maximum absolute atomic E-state index is 10.9. The van der Waals surface area contributed by atoms with Crippen LogP contribution in [-0.2, 0) is 0 Å². The summed E-state index contributed by atoms with van der Waals surface area (Å²) in [5.41, 5.74) is -0.0602. The van der Waals surface area contributed by atoms with Gasteiger partial charge in [-0.2, -0.15) is 0 Å². The standard InChI is InChI=1S/C10H13BrN4O2/c1-4-8(15(16)17)10-13-12-9(7(2)3)14(10)6-5-11/h4-7H,1-3H3/b6-5+,8-4+. The molecule has 0 saturated heterocycles. The summed E-state index contributed by atoms with van der Waals surface area (Å²) < 4.78 is 1.61. The zero-order valence-electron chi connectivity index (χ0n) is 9.79. The predicted molar refractivity (Wildman–Crippen MR) is 69.0 cm³/mol. The Morgan fingerprint density at radius 1 is 1.53 bits per heavy atom. The van der Waals surface area contributed by atoms with Crippen LogP contribution in [0.1, 0.15) is 38.3 Å². The Kier molecular flexibility index (Phi) is 4.56. The molecule has 17 heavy (non-hydrogen) atoms. The van der Waals surface area contributed by atoms with Crippen molar-refractivity contribution < 1.29 is 4.92 Å². The summed E-state index contributed by atoms with van der Waals surface area (Å²) in [6.07, 6.45) is 3.06. The van der Waals surface area contributed by atoms with E-state index in [9.17, 15) is 10.1 Å². The molecule has 0 bridgehead atoms. The van der Waals surface area contributed by atoms with Gasteiger partial charge in [-0.1, -0.05) is 29.8 Å². The van der Waals surface area contributed by atoms with Gasteiger partial charge in [-0.25, -0.2) is 0 Å². The minimum absolute atomic E-state index is 0.0602. The van der Waals surface area contributed by atoms with Crippen LogP contribution in [0.15, 0.2) is 11.1 Å². The van der Waals surface area contributed by atoms with Gasteiger partial charge in [0.05, 0.1) is 4.92 Å². The first-order valence-electron chi connectivity index (χ1n) is 5.05. The summed E-state index contributed by atoms with van der Waals surface area (Å²) in [5, 5.41) is 18.7. The lowest BCUT2D eigenvalue weighted by atomic mass is 10.2.